The molecule has 202 valence electrons. The lowest BCUT2D eigenvalue weighted by atomic mass is 10.1. The van der Waals surface area contributed by atoms with Crippen molar-refractivity contribution in [3.8, 4) is 5.75 Å². The Labute approximate surface area is 223 Å². The van der Waals surface area contributed by atoms with Gasteiger partial charge in [0.25, 0.3) is 0 Å². The van der Waals surface area contributed by atoms with Crippen LogP contribution in [0.3, 0.4) is 0 Å². The maximum atomic E-state index is 12.2. The molecule has 0 aliphatic carbocycles. The number of pyridine rings is 1. The Balaban J connectivity index is 1.41. The van der Waals surface area contributed by atoms with E-state index in [9.17, 15) is 4.79 Å². The number of anilines is 1. The summed E-state index contributed by atoms with van der Waals surface area (Å²) in [5.74, 6) is 1.64. The van der Waals surface area contributed by atoms with Gasteiger partial charge in [-0.1, -0.05) is 30.3 Å². The fraction of sp³-hybridized carbons (Fsp3) is 0.414. The Morgan fingerprint density at radius 3 is 2.74 bits per heavy atom. The zero-order valence-corrected chi connectivity index (χ0v) is 22.6. The second-order valence-corrected chi connectivity index (χ2v) is 9.64. The van der Waals surface area contributed by atoms with Crippen LogP contribution in [0.25, 0.3) is 21.9 Å². The van der Waals surface area contributed by atoms with Crippen molar-refractivity contribution in [1.82, 2.24) is 19.9 Å². The van der Waals surface area contributed by atoms with Gasteiger partial charge in [-0.25, -0.2) is 14.8 Å². The minimum absolute atomic E-state index is 0.318. The van der Waals surface area contributed by atoms with Crippen LogP contribution in [-0.2, 0) is 33.8 Å². The number of aryl methyl sites for hydroxylation is 1. The highest BCUT2D eigenvalue weighted by Gasteiger charge is 2.31. The molecule has 4 aromatic rings. The van der Waals surface area contributed by atoms with Crippen LogP contribution in [0, 0.1) is 0 Å². The Hall–Kier alpha value is -3.69. The van der Waals surface area contributed by atoms with E-state index in [1.54, 1.807) is 27.9 Å². The van der Waals surface area contributed by atoms with E-state index in [2.05, 4.69) is 20.9 Å². The number of carbonyl (C=O) groups excluding carboxylic acids is 1. The number of nitrogens with two attached hydrogens (primary N) is 1. The average molecular weight is 520 g/mol. The third-order valence-electron chi connectivity index (χ3n) is 6.32. The molecular weight excluding hydrogens is 482 g/mol. The molecule has 3 N–H and O–H groups in total. The monoisotopic (exact) mass is 519 g/mol. The predicted octanol–water partition coefficient (Wildman–Crippen LogP) is 4.26. The van der Waals surface area contributed by atoms with Crippen LogP contribution >= 0.6 is 0 Å². The van der Waals surface area contributed by atoms with Gasteiger partial charge in [0.1, 0.15) is 17.1 Å². The highest BCUT2D eigenvalue weighted by atomic mass is 16.6. The molecule has 9 heteroatoms. The number of para-hydroxylation sites is 1. The van der Waals surface area contributed by atoms with Gasteiger partial charge in [-0.3, -0.25) is 0 Å². The van der Waals surface area contributed by atoms with E-state index in [4.69, 9.17) is 24.9 Å². The summed E-state index contributed by atoms with van der Waals surface area (Å²) in [7, 11) is 1.69. The van der Waals surface area contributed by atoms with Gasteiger partial charge < -0.3 is 29.8 Å². The van der Waals surface area contributed by atoms with Crippen molar-refractivity contribution in [1.29, 1.82) is 0 Å². The van der Waals surface area contributed by atoms with E-state index in [1.807, 2.05) is 42.5 Å². The first kappa shape index (κ1) is 27.3. The molecule has 38 heavy (non-hydrogen) atoms. The number of esters is 1. The van der Waals surface area contributed by atoms with Crippen LogP contribution < -0.4 is 15.8 Å². The number of imidazole rings is 1. The Kier molecular flexibility index (Phi) is 8.81. The van der Waals surface area contributed by atoms with E-state index >= 15 is 0 Å². The number of fused-ring (bicyclic) bond motifs is 3. The summed E-state index contributed by atoms with van der Waals surface area (Å²) in [4.78, 5) is 21.6. The van der Waals surface area contributed by atoms with E-state index in [1.165, 1.54) is 0 Å². The van der Waals surface area contributed by atoms with Crippen molar-refractivity contribution in [2.24, 2.45) is 0 Å². The number of nitrogen functional groups attached to an aromatic ring is 1. The van der Waals surface area contributed by atoms with Gasteiger partial charge in [0.2, 0.25) is 0 Å². The molecule has 0 spiro atoms. The number of nitrogens with zero attached hydrogens (tertiary/aromatic N) is 3. The minimum Gasteiger partial charge on any atom is -0.476 e. The summed E-state index contributed by atoms with van der Waals surface area (Å²) < 4.78 is 18.6. The van der Waals surface area contributed by atoms with Gasteiger partial charge in [0.05, 0.1) is 24.2 Å². The first-order chi connectivity index (χ1) is 18.3. The Morgan fingerprint density at radius 1 is 1.13 bits per heavy atom. The lowest BCUT2D eigenvalue weighted by Crippen LogP contribution is -2.39. The van der Waals surface area contributed by atoms with Crippen LogP contribution in [0.1, 0.15) is 38.6 Å². The number of hydrogen-bond donors (Lipinski definition) is 2. The van der Waals surface area contributed by atoms with Crippen molar-refractivity contribution in [3.63, 3.8) is 0 Å². The van der Waals surface area contributed by atoms with Crippen LogP contribution in [0.5, 0.6) is 5.75 Å². The third kappa shape index (κ3) is 6.23. The number of rotatable bonds is 13. The van der Waals surface area contributed by atoms with E-state index in [0.717, 1.165) is 52.8 Å². The largest absolute Gasteiger partial charge is 0.476 e. The summed E-state index contributed by atoms with van der Waals surface area (Å²) >= 11 is 0. The normalized spacial score (nSPS) is 11.8. The third-order valence-corrected chi connectivity index (χ3v) is 6.32. The Morgan fingerprint density at radius 2 is 1.95 bits per heavy atom. The second kappa shape index (κ2) is 12.2. The lowest BCUT2D eigenvalue weighted by Gasteiger charge is -2.24. The number of benzene rings is 2. The molecule has 0 saturated carbocycles. The lowest BCUT2D eigenvalue weighted by molar-refractivity contribution is -0.158. The molecule has 0 aliphatic rings. The van der Waals surface area contributed by atoms with E-state index in [-0.39, 0.29) is 5.97 Å². The molecule has 0 fully saturated rings. The molecule has 0 saturated heterocycles. The topological polar surface area (TPSA) is 114 Å². The van der Waals surface area contributed by atoms with Gasteiger partial charge in [-0.2, -0.15) is 0 Å². The summed E-state index contributed by atoms with van der Waals surface area (Å²) in [6, 6.07) is 15.8. The molecule has 0 bridgehead atoms. The maximum Gasteiger partial charge on any atom is 0.349 e. The molecular formula is C29H37N5O4. The van der Waals surface area contributed by atoms with Gasteiger partial charge in [0, 0.05) is 32.0 Å². The molecule has 0 aliphatic heterocycles. The standard InChI is InChI=1S/C29H37N5O4/c1-5-37-28(35)29(2,3)38-21-11-8-10-20(18-21)19-31-15-9-16-34-24(14-17-36-4)33-25-26(34)22-12-6-7-13-23(22)32-27(25)30/h6-8,10-13,18,31H,5,9,14-17,19H2,1-4H3,(H2,30,32). The summed E-state index contributed by atoms with van der Waals surface area (Å²) in [5, 5.41) is 4.56. The van der Waals surface area contributed by atoms with Crippen molar-refractivity contribution in [2.45, 2.75) is 52.3 Å². The highest BCUT2D eigenvalue weighted by Crippen LogP contribution is 2.29. The SMILES string of the molecule is CCOC(=O)C(C)(C)Oc1cccc(CNCCCn2c(CCOC)nc3c(N)nc4ccccc4c32)c1. The number of carbonyl (C=O) groups is 1. The fourth-order valence-corrected chi connectivity index (χ4v) is 4.48. The highest BCUT2D eigenvalue weighted by molar-refractivity contribution is 6.06. The molecule has 2 heterocycles. The quantitative estimate of drug-likeness (QED) is 0.199. The van der Waals surface area contributed by atoms with Crippen molar-refractivity contribution >= 4 is 33.7 Å². The summed E-state index contributed by atoms with van der Waals surface area (Å²) in [6.45, 7) is 8.38. The van der Waals surface area contributed by atoms with Gasteiger partial charge >= 0.3 is 5.97 Å². The molecule has 0 radical (unpaired) electrons. The van der Waals surface area contributed by atoms with Crippen molar-refractivity contribution in [3.05, 3.63) is 59.9 Å². The number of nitrogens with one attached hydrogen (secondary N) is 1. The van der Waals surface area contributed by atoms with Gasteiger partial charge in [-0.05, 0) is 57.5 Å². The molecule has 9 nitrogen and oxygen atoms in total. The minimum atomic E-state index is -1.06. The fourth-order valence-electron chi connectivity index (χ4n) is 4.48. The van der Waals surface area contributed by atoms with Gasteiger partial charge in [-0.15, -0.1) is 0 Å². The molecule has 0 unspecified atom stereocenters. The zero-order chi connectivity index (χ0) is 27.1. The van der Waals surface area contributed by atoms with Crippen LogP contribution in [0.4, 0.5) is 5.82 Å². The first-order valence-corrected chi connectivity index (χ1v) is 13.0. The number of hydrogen-bond acceptors (Lipinski definition) is 8. The molecule has 2 aromatic carbocycles. The molecule has 2 aromatic heterocycles. The molecule has 0 atom stereocenters. The number of methoxy groups -OCH3 is 1. The summed E-state index contributed by atoms with van der Waals surface area (Å²) in [5.41, 5.74) is 8.93. The smallest absolute Gasteiger partial charge is 0.349 e. The zero-order valence-electron chi connectivity index (χ0n) is 22.6. The number of ether oxygens (including phenoxy) is 3. The molecule has 4 rings (SSSR count). The maximum absolute atomic E-state index is 12.2. The van der Waals surface area contributed by atoms with Crippen LogP contribution in [-0.4, -0.2) is 53.0 Å². The first-order valence-electron chi connectivity index (χ1n) is 13.0. The van der Waals surface area contributed by atoms with E-state index in [0.29, 0.717) is 37.7 Å². The van der Waals surface area contributed by atoms with E-state index < -0.39 is 5.60 Å². The Bertz CT molecular complexity index is 1400. The van der Waals surface area contributed by atoms with Crippen molar-refractivity contribution in [2.75, 3.05) is 32.6 Å². The summed E-state index contributed by atoms with van der Waals surface area (Å²) in [6.07, 6.45) is 1.59. The number of aromatic nitrogens is 3. The van der Waals surface area contributed by atoms with Crippen molar-refractivity contribution < 1.29 is 19.0 Å². The van der Waals surface area contributed by atoms with Gasteiger partial charge in [0.15, 0.2) is 11.4 Å². The van der Waals surface area contributed by atoms with Crippen LogP contribution in [0.15, 0.2) is 48.5 Å². The molecule has 0 amide bonds. The average Bonchev–Trinajstić information content (AvgIpc) is 3.26. The predicted molar refractivity (Wildman–Crippen MR) is 149 cm³/mol. The second-order valence-electron chi connectivity index (χ2n) is 9.64. The van der Waals surface area contributed by atoms with Crippen LogP contribution in [0.2, 0.25) is 0 Å².